The summed E-state index contributed by atoms with van der Waals surface area (Å²) in [5, 5.41) is 1.96. The second-order valence-corrected chi connectivity index (χ2v) is 5.84. The Morgan fingerprint density at radius 3 is 2.61 bits per heavy atom. The molecule has 0 saturated carbocycles. The zero-order valence-corrected chi connectivity index (χ0v) is 14.5. The third-order valence-electron chi connectivity index (χ3n) is 3.60. The first-order chi connectivity index (χ1) is 10.7. The predicted octanol–water partition coefficient (Wildman–Crippen LogP) is 5.65. The lowest BCUT2D eigenvalue weighted by molar-refractivity contribution is 0.363. The first-order valence-corrected chi connectivity index (χ1v) is 7.66. The van der Waals surface area contributed by atoms with Crippen LogP contribution in [0.15, 0.2) is 65.3 Å². The van der Waals surface area contributed by atoms with Crippen LogP contribution in [-0.4, -0.2) is 18.5 Å². The Morgan fingerprint density at radius 2 is 1.83 bits per heavy atom. The standard InChI is InChI=1S/C19H18ClNO.ClH/c1-21(12-4-5-15-8-10-17(20)11-9-15)13-16-14-22-19-7-3-2-6-18(16)19;/h2-11,14H,12-13H2,1H3;1H/b5-4+;. The number of benzene rings is 2. The van der Waals surface area contributed by atoms with Crippen molar-refractivity contribution in [1.82, 2.24) is 4.90 Å². The Bertz CT molecular complexity index is 777. The van der Waals surface area contributed by atoms with E-state index in [0.29, 0.717) is 0 Å². The molecule has 0 atom stereocenters. The third-order valence-corrected chi connectivity index (χ3v) is 3.85. The molecule has 4 heteroatoms. The fourth-order valence-corrected chi connectivity index (χ4v) is 2.58. The van der Waals surface area contributed by atoms with Gasteiger partial charge in [-0.25, -0.2) is 0 Å². The molecular weight excluding hydrogens is 329 g/mol. The van der Waals surface area contributed by atoms with E-state index in [1.54, 1.807) is 0 Å². The molecule has 3 aromatic rings. The average molecular weight is 348 g/mol. The molecule has 120 valence electrons. The van der Waals surface area contributed by atoms with Crippen LogP contribution in [0, 0.1) is 0 Å². The topological polar surface area (TPSA) is 16.4 Å². The second kappa shape index (κ2) is 8.21. The number of halogens is 2. The third kappa shape index (κ3) is 4.61. The maximum absolute atomic E-state index is 5.88. The monoisotopic (exact) mass is 347 g/mol. The molecular formula is C19H19Cl2NO. The summed E-state index contributed by atoms with van der Waals surface area (Å²) in [4.78, 5) is 2.25. The van der Waals surface area contributed by atoms with Gasteiger partial charge in [0.25, 0.3) is 0 Å². The fourth-order valence-electron chi connectivity index (χ4n) is 2.45. The van der Waals surface area contributed by atoms with Gasteiger partial charge in [-0.15, -0.1) is 12.4 Å². The van der Waals surface area contributed by atoms with Crippen molar-refractivity contribution in [3.05, 3.63) is 77.0 Å². The van der Waals surface area contributed by atoms with Gasteiger partial charge in [0.2, 0.25) is 0 Å². The largest absolute Gasteiger partial charge is 0.464 e. The number of furan rings is 1. The van der Waals surface area contributed by atoms with Gasteiger partial charge in [-0.05, 0) is 30.8 Å². The summed E-state index contributed by atoms with van der Waals surface area (Å²) < 4.78 is 5.58. The van der Waals surface area contributed by atoms with Crippen molar-refractivity contribution in [2.24, 2.45) is 0 Å². The summed E-state index contributed by atoms with van der Waals surface area (Å²) in [5.41, 5.74) is 3.33. The van der Waals surface area contributed by atoms with Crippen LogP contribution in [0.1, 0.15) is 11.1 Å². The summed E-state index contributed by atoms with van der Waals surface area (Å²) in [6, 6.07) is 16.0. The van der Waals surface area contributed by atoms with Crippen LogP contribution in [0.25, 0.3) is 17.0 Å². The molecule has 0 spiro atoms. The van der Waals surface area contributed by atoms with Crippen LogP contribution in [-0.2, 0) is 6.54 Å². The van der Waals surface area contributed by atoms with Gasteiger partial charge in [0, 0.05) is 29.1 Å². The number of nitrogens with zero attached hydrogens (tertiary/aromatic N) is 1. The van der Waals surface area contributed by atoms with Crippen molar-refractivity contribution in [3.8, 4) is 0 Å². The van der Waals surface area contributed by atoms with Crippen molar-refractivity contribution in [2.75, 3.05) is 13.6 Å². The zero-order valence-electron chi connectivity index (χ0n) is 12.9. The number of para-hydroxylation sites is 1. The summed E-state index contributed by atoms with van der Waals surface area (Å²) in [6.07, 6.45) is 6.12. The molecule has 2 nitrogen and oxygen atoms in total. The van der Waals surface area contributed by atoms with Crippen molar-refractivity contribution in [2.45, 2.75) is 6.54 Å². The molecule has 2 aromatic carbocycles. The molecule has 0 fully saturated rings. The van der Waals surface area contributed by atoms with E-state index in [1.807, 2.05) is 48.7 Å². The van der Waals surface area contributed by atoms with Gasteiger partial charge in [0.05, 0.1) is 6.26 Å². The lowest BCUT2D eigenvalue weighted by atomic mass is 10.1. The first kappa shape index (κ1) is 17.6. The van der Waals surface area contributed by atoms with Crippen LogP contribution in [0.5, 0.6) is 0 Å². The Kier molecular flexibility index (Phi) is 6.28. The Balaban J connectivity index is 0.00000192. The van der Waals surface area contributed by atoms with Crippen LogP contribution < -0.4 is 0 Å². The molecule has 0 amide bonds. The highest BCUT2D eigenvalue weighted by Crippen LogP contribution is 2.21. The lowest BCUT2D eigenvalue weighted by Gasteiger charge is -2.13. The van der Waals surface area contributed by atoms with E-state index in [1.165, 1.54) is 10.9 Å². The molecule has 0 aliphatic carbocycles. The quantitative estimate of drug-likeness (QED) is 0.592. The van der Waals surface area contributed by atoms with Crippen LogP contribution in [0.3, 0.4) is 0 Å². The van der Waals surface area contributed by atoms with Crippen LogP contribution in [0.2, 0.25) is 5.02 Å². The molecule has 23 heavy (non-hydrogen) atoms. The van der Waals surface area contributed by atoms with Crippen LogP contribution >= 0.6 is 24.0 Å². The molecule has 3 rings (SSSR count). The van der Waals surface area contributed by atoms with Gasteiger partial charge in [0.15, 0.2) is 0 Å². The highest BCUT2D eigenvalue weighted by molar-refractivity contribution is 6.30. The Morgan fingerprint density at radius 1 is 1.09 bits per heavy atom. The first-order valence-electron chi connectivity index (χ1n) is 7.28. The smallest absolute Gasteiger partial charge is 0.134 e. The number of hydrogen-bond donors (Lipinski definition) is 0. The average Bonchev–Trinajstić information content (AvgIpc) is 2.93. The molecule has 0 aliphatic heterocycles. The van der Waals surface area contributed by atoms with Crippen molar-refractivity contribution in [3.63, 3.8) is 0 Å². The SMILES string of the molecule is CN(C/C=C/c1ccc(Cl)cc1)Cc1coc2ccccc12.Cl. The summed E-state index contributed by atoms with van der Waals surface area (Å²) >= 11 is 5.88. The van der Waals surface area contributed by atoms with Crippen molar-refractivity contribution < 1.29 is 4.42 Å². The minimum absolute atomic E-state index is 0. The fraction of sp³-hybridized carbons (Fsp3) is 0.158. The highest BCUT2D eigenvalue weighted by Gasteiger charge is 2.06. The number of hydrogen-bond acceptors (Lipinski definition) is 2. The second-order valence-electron chi connectivity index (χ2n) is 5.41. The minimum Gasteiger partial charge on any atom is -0.464 e. The maximum atomic E-state index is 5.88. The van der Waals surface area contributed by atoms with E-state index >= 15 is 0 Å². The van der Waals surface area contributed by atoms with Crippen LogP contribution in [0.4, 0.5) is 0 Å². The number of rotatable bonds is 5. The molecule has 0 radical (unpaired) electrons. The van der Waals surface area contributed by atoms with E-state index in [-0.39, 0.29) is 12.4 Å². The molecule has 0 bridgehead atoms. The lowest BCUT2D eigenvalue weighted by Crippen LogP contribution is -2.17. The zero-order chi connectivity index (χ0) is 15.4. The van der Waals surface area contributed by atoms with Gasteiger partial charge in [-0.3, -0.25) is 4.90 Å². The van der Waals surface area contributed by atoms with E-state index < -0.39 is 0 Å². The number of fused-ring (bicyclic) bond motifs is 1. The van der Waals surface area contributed by atoms with Gasteiger partial charge in [0.1, 0.15) is 5.58 Å². The minimum atomic E-state index is 0. The molecule has 0 N–H and O–H groups in total. The Labute approximate surface area is 147 Å². The van der Waals surface area contributed by atoms with E-state index in [2.05, 4.69) is 30.2 Å². The predicted molar refractivity (Wildman–Crippen MR) is 100 cm³/mol. The summed E-state index contributed by atoms with van der Waals surface area (Å²) in [6.45, 7) is 1.74. The van der Waals surface area contributed by atoms with E-state index in [4.69, 9.17) is 16.0 Å². The van der Waals surface area contributed by atoms with Gasteiger partial charge < -0.3 is 4.42 Å². The van der Waals surface area contributed by atoms with E-state index in [9.17, 15) is 0 Å². The Hall–Kier alpha value is -1.74. The van der Waals surface area contributed by atoms with E-state index in [0.717, 1.165) is 29.3 Å². The molecule has 1 heterocycles. The molecule has 0 saturated heterocycles. The molecule has 0 aliphatic rings. The summed E-state index contributed by atoms with van der Waals surface area (Å²) in [7, 11) is 2.11. The summed E-state index contributed by atoms with van der Waals surface area (Å²) in [5.74, 6) is 0. The molecule has 1 aromatic heterocycles. The van der Waals surface area contributed by atoms with Crippen molar-refractivity contribution >= 4 is 41.1 Å². The van der Waals surface area contributed by atoms with Gasteiger partial charge in [-0.2, -0.15) is 0 Å². The van der Waals surface area contributed by atoms with Crippen molar-refractivity contribution in [1.29, 1.82) is 0 Å². The maximum Gasteiger partial charge on any atom is 0.134 e. The number of likely N-dealkylation sites (N-methyl/N-ethyl adjacent to an activating group) is 1. The van der Waals surface area contributed by atoms with Gasteiger partial charge >= 0.3 is 0 Å². The molecule has 0 unspecified atom stereocenters. The van der Waals surface area contributed by atoms with Gasteiger partial charge in [-0.1, -0.05) is 54.1 Å². The highest BCUT2D eigenvalue weighted by atomic mass is 35.5. The normalized spacial score (nSPS) is 11.3.